The average molecular weight is 321 g/mol. The minimum absolute atomic E-state index is 0.00904. The largest absolute Gasteiger partial charge is 0.417 e. The van der Waals surface area contributed by atoms with Gasteiger partial charge in [-0.05, 0) is 34.7 Å². The minimum Gasteiger partial charge on any atom is -0.398 e. The SMILES string of the molecule is Nc1cc(Cl)cc(C(F)(F)F)c1I. The third-order valence-electron chi connectivity index (χ3n) is 1.37. The van der Waals surface area contributed by atoms with Crippen molar-refractivity contribution >= 4 is 39.9 Å². The van der Waals surface area contributed by atoms with Gasteiger partial charge >= 0.3 is 6.18 Å². The number of halogens is 5. The van der Waals surface area contributed by atoms with Gasteiger partial charge in [0, 0.05) is 14.3 Å². The minimum atomic E-state index is -4.41. The summed E-state index contributed by atoms with van der Waals surface area (Å²) < 4.78 is 36.9. The Morgan fingerprint density at radius 2 is 1.85 bits per heavy atom. The molecule has 1 aromatic rings. The Labute approximate surface area is 91.2 Å². The topological polar surface area (TPSA) is 26.0 Å². The van der Waals surface area contributed by atoms with Crippen LogP contribution in [0, 0.1) is 3.57 Å². The standard InChI is InChI=1S/C7H4ClF3IN/c8-3-1-4(7(9,10)11)6(12)5(13)2-3/h1-2H,13H2. The molecule has 0 amide bonds. The number of anilines is 1. The monoisotopic (exact) mass is 321 g/mol. The molecule has 1 nitrogen and oxygen atoms in total. The highest BCUT2D eigenvalue weighted by atomic mass is 127. The van der Waals surface area contributed by atoms with Crippen molar-refractivity contribution < 1.29 is 13.2 Å². The van der Waals surface area contributed by atoms with E-state index >= 15 is 0 Å². The van der Waals surface area contributed by atoms with Gasteiger partial charge < -0.3 is 5.73 Å². The van der Waals surface area contributed by atoms with Crippen molar-refractivity contribution in [1.82, 2.24) is 0 Å². The average Bonchev–Trinajstić information content (AvgIpc) is 1.94. The van der Waals surface area contributed by atoms with Gasteiger partial charge in [-0.1, -0.05) is 11.6 Å². The van der Waals surface area contributed by atoms with Crippen molar-refractivity contribution in [3.63, 3.8) is 0 Å². The lowest BCUT2D eigenvalue weighted by Gasteiger charge is -2.10. The molecule has 6 heteroatoms. The summed E-state index contributed by atoms with van der Waals surface area (Å²) in [6.07, 6.45) is -4.41. The number of alkyl halides is 3. The maximum absolute atomic E-state index is 12.3. The van der Waals surface area contributed by atoms with Gasteiger partial charge in [0.1, 0.15) is 0 Å². The second kappa shape index (κ2) is 3.53. The highest BCUT2D eigenvalue weighted by molar-refractivity contribution is 14.1. The van der Waals surface area contributed by atoms with Gasteiger partial charge in [-0.25, -0.2) is 0 Å². The summed E-state index contributed by atoms with van der Waals surface area (Å²) in [5.74, 6) is 0. The van der Waals surface area contributed by atoms with Gasteiger partial charge in [0.15, 0.2) is 0 Å². The van der Waals surface area contributed by atoms with Crippen LogP contribution in [0.25, 0.3) is 0 Å². The lowest BCUT2D eigenvalue weighted by atomic mass is 10.2. The second-order valence-corrected chi connectivity index (χ2v) is 3.87. The molecule has 2 N–H and O–H groups in total. The first-order valence-electron chi connectivity index (χ1n) is 3.14. The maximum Gasteiger partial charge on any atom is 0.417 e. The van der Waals surface area contributed by atoms with Gasteiger partial charge in [-0.2, -0.15) is 13.2 Å². The van der Waals surface area contributed by atoms with E-state index in [1.54, 1.807) is 22.6 Å². The van der Waals surface area contributed by atoms with Crippen molar-refractivity contribution in [2.24, 2.45) is 0 Å². The Morgan fingerprint density at radius 1 is 1.31 bits per heavy atom. The zero-order valence-corrected chi connectivity index (χ0v) is 9.04. The van der Waals surface area contributed by atoms with Crippen LogP contribution in [0.1, 0.15) is 5.56 Å². The van der Waals surface area contributed by atoms with Crippen LogP contribution in [-0.4, -0.2) is 0 Å². The molecule has 0 spiro atoms. The molecular formula is C7H4ClF3IN. The first kappa shape index (κ1) is 10.9. The third-order valence-corrected chi connectivity index (χ3v) is 2.79. The van der Waals surface area contributed by atoms with Gasteiger partial charge in [0.05, 0.1) is 5.56 Å². The van der Waals surface area contributed by atoms with Crippen LogP contribution in [0.15, 0.2) is 12.1 Å². The first-order valence-corrected chi connectivity index (χ1v) is 4.60. The van der Waals surface area contributed by atoms with Crippen LogP contribution in [0.3, 0.4) is 0 Å². The maximum atomic E-state index is 12.3. The summed E-state index contributed by atoms with van der Waals surface area (Å²) in [5, 5.41) is -0.00904. The number of nitrogen functional groups attached to an aromatic ring is 1. The molecular weight excluding hydrogens is 317 g/mol. The lowest BCUT2D eigenvalue weighted by molar-refractivity contribution is -0.138. The van der Waals surface area contributed by atoms with Crippen molar-refractivity contribution in [3.8, 4) is 0 Å². The Hall–Kier alpha value is -0.170. The molecule has 0 saturated carbocycles. The quantitative estimate of drug-likeness (QED) is 0.574. The van der Waals surface area contributed by atoms with Crippen LogP contribution in [0.4, 0.5) is 18.9 Å². The van der Waals surface area contributed by atoms with Gasteiger partial charge in [-0.3, -0.25) is 0 Å². The number of rotatable bonds is 0. The molecule has 0 atom stereocenters. The Morgan fingerprint density at radius 3 is 2.31 bits per heavy atom. The van der Waals surface area contributed by atoms with Crippen LogP contribution >= 0.6 is 34.2 Å². The van der Waals surface area contributed by atoms with E-state index < -0.39 is 11.7 Å². The van der Waals surface area contributed by atoms with Crippen LogP contribution in [-0.2, 0) is 6.18 Å². The van der Waals surface area contributed by atoms with E-state index in [2.05, 4.69) is 0 Å². The summed E-state index contributed by atoms with van der Waals surface area (Å²) in [6, 6.07) is 2.15. The number of hydrogen-bond acceptors (Lipinski definition) is 1. The van der Waals surface area contributed by atoms with E-state index in [1.165, 1.54) is 6.07 Å². The summed E-state index contributed by atoms with van der Waals surface area (Å²) in [7, 11) is 0. The Kier molecular flexibility index (Phi) is 2.96. The number of benzene rings is 1. The van der Waals surface area contributed by atoms with Gasteiger partial charge in [-0.15, -0.1) is 0 Å². The van der Waals surface area contributed by atoms with Crippen molar-refractivity contribution in [2.75, 3.05) is 5.73 Å². The van der Waals surface area contributed by atoms with Gasteiger partial charge in [0.2, 0.25) is 0 Å². The molecule has 1 rings (SSSR count). The smallest absolute Gasteiger partial charge is 0.398 e. The van der Waals surface area contributed by atoms with E-state index in [-0.39, 0.29) is 14.3 Å². The molecule has 0 radical (unpaired) electrons. The third kappa shape index (κ3) is 2.40. The van der Waals surface area contributed by atoms with Crippen molar-refractivity contribution in [3.05, 3.63) is 26.3 Å². The number of hydrogen-bond donors (Lipinski definition) is 1. The molecule has 0 bridgehead atoms. The van der Waals surface area contributed by atoms with Crippen LogP contribution < -0.4 is 5.73 Å². The fourth-order valence-electron chi connectivity index (χ4n) is 0.817. The van der Waals surface area contributed by atoms with E-state index in [0.29, 0.717) is 0 Å². The molecule has 0 fully saturated rings. The fourth-order valence-corrected chi connectivity index (χ4v) is 1.66. The Balaban J connectivity index is 3.37. The van der Waals surface area contributed by atoms with Crippen LogP contribution in [0.2, 0.25) is 5.02 Å². The fraction of sp³-hybridized carbons (Fsp3) is 0.143. The van der Waals surface area contributed by atoms with E-state index in [1.807, 2.05) is 0 Å². The molecule has 0 unspecified atom stereocenters. The first-order chi connectivity index (χ1) is 5.82. The molecule has 0 aliphatic carbocycles. The molecule has 0 aromatic heterocycles. The molecule has 72 valence electrons. The van der Waals surface area contributed by atoms with E-state index in [9.17, 15) is 13.2 Å². The Bertz CT molecular complexity index is 337. The molecule has 0 aliphatic heterocycles. The van der Waals surface area contributed by atoms with Crippen molar-refractivity contribution in [1.29, 1.82) is 0 Å². The molecule has 13 heavy (non-hydrogen) atoms. The highest BCUT2D eigenvalue weighted by Gasteiger charge is 2.33. The summed E-state index contributed by atoms with van der Waals surface area (Å²) >= 11 is 6.99. The summed E-state index contributed by atoms with van der Waals surface area (Å²) in [6.45, 7) is 0. The van der Waals surface area contributed by atoms with E-state index in [0.717, 1.165) is 6.07 Å². The molecule has 0 saturated heterocycles. The summed E-state index contributed by atoms with van der Waals surface area (Å²) in [4.78, 5) is 0. The van der Waals surface area contributed by atoms with Crippen LogP contribution in [0.5, 0.6) is 0 Å². The summed E-state index contributed by atoms with van der Waals surface area (Å²) in [5.41, 5.74) is 4.57. The second-order valence-electron chi connectivity index (χ2n) is 2.35. The molecule has 1 aromatic carbocycles. The predicted molar refractivity (Wildman–Crippen MR) is 53.6 cm³/mol. The van der Waals surface area contributed by atoms with E-state index in [4.69, 9.17) is 17.3 Å². The molecule has 0 heterocycles. The van der Waals surface area contributed by atoms with Crippen molar-refractivity contribution in [2.45, 2.75) is 6.18 Å². The zero-order chi connectivity index (χ0) is 10.2. The van der Waals surface area contributed by atoms with Gasteiger partial charge in [0.25, 0.3) is 0 Å². The predicted octanol–water partition coefficient (Wildman–Crippen LogP) is 3.55. The normalized spacial score (nSPS) is 11.8. The highest BCUT2D eigenvalue weighted by Crippen LogP contribution is 2.36. The number of nitrogens with two attached hydrogens (primary N) is 1. The zero-order valence-electron chi connectivity index (χ0n) is 6.12. The molecule has 0 aliphatic rings. The lowest BCUT2D eigenvalue weighted by Crippen LogP contribution is -2.09.